The molecule has 3 nitrogen and oxygen atoms in total. The van der Waals surface area contributed by atoms with Gasteiger partial charge >= 0.3 is 0 Å². The lowest BCUT2D eigenvalue weighted by Gasteiger charge is -2.36. The van der Waals surface area contributed by atoms with Gasteiger partial charge in [0.2, 0.25) is 0 Å². The van der Waals surface area contributed by atoms with Crippen LogP contribution < -0.4 is 10.6 Å². The normalized spacial score (nSPS) is 20.3. The summed E-state index contributed by atoms with van der Waals surface area (Å²) >= 11 is 0. The molecule has 3 heteroatoms. The van der Waals surface area contributed by atoms with Crippen LogP contribution in [0.25, 0.3) is 10.9 Å². The molecule has 0 amide bonds. The molecule has 1 aromatic heterocycles. The maximum atomic E-state index is 6.33. The fraction of sp³-hybridized carbons (Fsp3) is 0.400. The lowest BCUT2D eigenvalue weighted by Crippen LogP contribution is -2.37. The topological polar surface area (TPSA) is 42.2 Å². The van der Waals surface area contributed by atoms with Crippen LogP contribution in [-0.2, 0) is 0 Å². The molecule has 18 heavy (non-hydrogen) atoms. The molecule has 0 spiro atoms. The van der Waals surface area contributed by atoms with E-state index in [9.17, 15) is 0 Å². The molecule has 3 rings (SSSR count). The first-order chi connectivity index (χ1) is 8.77. The van der Waals surface area contributed by atoms with Gasteiger partial charge in [-0.1, -0.05) is 0 Å². The Balaban J connectivity index is 2.09. The minimum absolute atomic E-state index is 0.579. The van der Waals surface area contributed by atoms with Gasteiger partial charge in [-0.15, -0.1) is 0 Å². The smallest absolute Gasteiger partial charge is 0.0724 e. The van der Waals surface area contributed by atoms with Crippen molar-refractivity contribution in [2.75, 3.05) is 17.2 Å². The Kier molecular flexibility index (Phi) is 2.82. The summed E-state index contributed by atoms with van der Waals surface area (Å²) in [6, 6.07) is 8.77. The van der Waals surface area contributed by atoms with E-state index >= 15 is 0 Å². The highest BCUT2D eigenvalue weighted by atomic mass is 15.2. The van der Waals surface area contributed by atoms with E-state index in [2.05, 4.69) is 35.0 Å². The van der Waals surface area contributed by atoms with E-state index in [0.29, 0.717) is 6.04 Å². The van der Waals surface area contributed by atoms with E-state index in [1.807, 2.05) is 12.3 Å². The van der Waals surface area contributed by atoms with Crippen LogP contribution in [-0.4, -0.2) is 17.6 Å². The number of hydrogen-bond donors (Lipinski definition) is 1. The van der Waals surface area contributed by atoms with E-state index in [-0.39, 0.29) is 0 Å². The number of nitrogens with zero attached hydrogens (tertiary/aromatic N) is 2. The maximum absolute atomic E-state index is 6.33. The SMILES string of the molecule is CC1CCCCN1c1ccc2ncccc2c1N. The molecule has 0 aliphatic carbocycles. The summed E-state index contributed by atoms with van der Waals surface area (Å²) in [5.41, 5.74) is 9.34. The monoisotopic (exact) mass is 241 g/mol. The summed E-state index contributed by atoms with van der Waals surface area (Å²) in [6.45, 7) is 3.39. The lowest BCUT2D eigenvalue weighted by molar-refractivity contribution is 0.485. The zero-order valence-electron chi connectivity index (χ0n) is 10.8. The second-order valence-corrected chi connectivity index (χ2v) is 5.11. The average molecular weight is 241 g/mol. The fourth-order valence-electron chi connectivity index (χ4n) is 2.87. The number of nitrogen functional groups attached to an aromatic ring is 1. The molecule has 1 saturated heterocycles. The van der Waals surface area contributed by atoms with E-state index < -0.39 is 0 Å². The van der Waals surface area contributed by atoms with Crippen molar-refractivity contribution < 1.29 is 0 Å². The van der Waals surface area contributed by atoms with Gasteiger partial charge in [-0.25, -0.2) is 0 Å². The average Bonchev–Trinajstić information content (AvgIpc) is 2.41. The van der Waals surface area contributed by atoms with Crippen LogP contribution in [0.1, 0.15) is 26.2 Å². The van der Waals surface area contributed by atoms with Crippen molar-refractivity contribution in [3.63, 3.8) is 0 Å². The summed E-state index contributed by atoms with van der Waals surface area (Å²) in [7, 11) is 0. The third kappa shape index (κ3) is 1.80. The molecule has 2 N–H and O–H groups in total. The number of aromatic nitrogens is 1. The van der Waals surface area contributed by atoms with Crippen molar-refractivity contribution >= 4 is 22.3 Å². The molecule has 2 aromatic rings. The first-order valence-electron chi connectivity index (χ1n) is 6.67. The highest BCUT2D eigenvalue weighted by molar-refractivity contribution is 5.97. The van der Waals surface area contributed by atoms with Crippen molar-refractivity contribution in [3.05, 3.63) is 30.5 Å². The van der Waals surface area contributed by atoms with E-state index in [1.165, 1.54) is 24.9 Å². The van der Waals surface area contributed by atoms with Crippen LogP contribution in [0.15, 0.2) is 30.5 Å². The first-order valence-corrected chi connectivity index (χ1v) is 6.67. The predicted octanol–water partition coefficient (Wildman–Crippen LogP) is 3.20. The third-order valence-corrected chi connectivity index (χ3v) is 3.92. The van der Waals surface area contributed by atoms with Crippen molar-refractivity contribution in [2.45, 2.75) is 32.2 Å². The van der Waals surface area contributed by atoms with Gasteiger partial charge < -0.3 is 10.6 Å². The van der Waals surface area contributed by atoms with Gasteiger partial charge in [0.05, 0.1) is 16.9 Å². The molecule has 0 saturated carbocycles. The number of nitrogens with two attached hydrogens (primary N) is 1. The Morgan fingerprint density at radius 2 is 2.17 bits per heavy atom. The van der Waals surface area contributed by atoms with Gasteiger partial charge in [-0.2, -0.15) is 0 Å². The Labute approximate surface area is 108 Å². The third-order valence-electron chi connectivity index (χ3n) is 3.92. The second-order valence-electron chi connectivity index (χ2n) is 5.11. The van der Waals surface area contributed by atoms with Crippen molar-refractivity contribution in [1.82, 2.24) is 4.98 Å². The number of benzene rings is 1. The Morgan fingerprint density at radius 1 is 1.28 bits per heavy atom. The van der Waals surface area contributed by atoms with Gasteiger partial charge in [0, 0.05) is 24.2 Å². The highest BCUT2D eigenvalue weighted by Gasteiger charge is 2.20. The van der Waals surface area contributed by atoms with E-state index in [4.69, 9.17) is 5.73 Å². The maximum Gasteiger partial charge on any atom is 0.0724 e. The summed E-state index contributed by atoms with van der Waals surface area (Å²) in [4.78, 5) is 6.78. The van der Waals surface area contributed by atoms with Gasteiger partial charge in [0.25, 0.3) is 0 Å². The summed E-state index contributed by atoms with van der Waals surface area (Å²) in [5.74, 6) is 0. The minimum Gasteiger partial charge on any atom is -0.396 e. The van der Waals surface area contributed by atoms with Crippen LogP contribution in [0, 0.1) is 0 Å². The van der Waals surface area contributed by atoms with Crippen LogP contribution in [0.3, 0.4) is 0 Å². The Bertz CT molecular complexity index is 565. The summed E-state index contributed by atoms with van der Waals surface area (Å²) in [6.07, 6.45) is 5.65. The molecule has 2 heterocycles. The molecule has 94 valence electrons. The van der Waals surface area contributed by atoms with Crippen LogP contribution in [0.5, 0.6) is 0 Å². The predicted molar refractivity (Wildman–Crippen MR) is 76.8 cm³/mol. The summed E-state index contributed by atoms with van der Waals surface area (Å²) in [5, 5.41) is 1.06. The van der Waals surface area contributed by atoms with E-state index in [0.717, 1.165) is 23.1 Å². The van der Waals surface area contributed by atoms with Gasteiger partial charge in [0.1, 0.15) is 0 Å². The number of hydrogen-bond acceptors (Lipinski definition) is 3. The number of pyridine rings is 1. The van der Waals surface area contributed by atoms with Crippen molar-refractivity contribution in [2.24, 2.45) is 0 Å². The number of fused-ring (bicyclic) bond motifs is 1. The molecule has 1 unspecified atom stereocenters. The quantitative estimate of drug-likeness (QED) is 0.780. The van der Waals surface area contributed by atoms with Crippen LogP contribution in [0.2, 0.25) is 0 Å². The van der Waals surface area contributed by atoms with Crippen molar-refractivity contribution in [1.29, 1.82) is 0 Å². The highest BCUT2D eigenvalue weighted by Crippen LogP contribution is 2.34. The fourth-order valence-corrected chi connectivity index (χ4v) is 2.87. The molecular weight excluding hydrogens is 222 g/mol. The number of piperidine rings is 1. The molecule has 1 aromatic carbocycles. The Hall–Kier alpha value is -1.77. The second kappa shape index (κ2) is 4.48. The molecule has 1 fully saturated rings. The van der Waals surface area contributed by atoms with Gasteiger partial charge in [-0.05, 0) is 50.5 Å². The molecule has 1 atom stereocenters. The number of rotatable bonds is 1. The van der Waals surface area contributed by atoms with Crippen LogP contribution in [0.4, 0.5) is 11.4 Å². The van der Waals surface area contributed by atoms with Gasteiger partial charge in [-0.3, -0.25) is 4.98 Å². The minimum atomic E-state index is 0.579. The molecule has 1 aliphatic heterocycles. The largest absolute Gasteiger partial charge is 0.396 e. The zero-order chi connectivity index (χ0) is 12.5. The first kappa shape index (κ1) is 11.3. The molecule has 0 bridgehead atoms. The van der Waals surface area contributed by atoms with Gasteiger partial charge in [0.15, 0.2) is 0 Å². The number of anilines is 2. The summed E-state index contributed by atoms with van der Waals surface area (Å²) < 4.78 is 0. The van der Waals surface area contributed by atoms with Crippen molar-refractivity contribution in [3.8, 4) is 0 Å². The standard InChI is InChI=1S/C15H19N3/c1-11-5-2-3-10-18(11)14-8-7-13-12(15(14)16)6-4-9-17-13/h4,6-9,11H,2-3,5,10,16H2,1H3. The molecule has 0 radical (unpaired) electrons. The molecular formula is C15H19N3. The lowest BCUT2D eigenvalue weighted by atomic mass is 10.0. The zero-order valence-corrected chi connectivity index (χ0v) is 10.8. The Morgan fingerprint density at radius 3 is 3.00 bits per heavy atom. The van der Waals surface area contributed by atoms with Crippen LogP contribution >= 0.6 is 0 Å². The van der Waals surface area contributed by atoms with E-state index in [1.54, 1.807) is 0 Å². The molecule has 1 aliphatic rings.